The molecule has 0 radical (unpaired) electrons. The molecule has 2 aromatic rings. The lowest BCUT2D eigenvalue weighted by Gasteiger charge is -2.22. The summed E-state index contributed by atoms with van der Waals surface area (Å²) in [4.78, 5) is 0. The van der Waals surface area contributed by atoms with Crippen LogP contribution in [0.5, 0.6) is 5.75 Å². The van der Waals surface area contributed by atoms with Crippen molar-refractivity contribution in [2.24, 2.45) is 0 Å². The van der Waals surface area contributed by atoms with Gasteiger partial charge in [0.1, 0.15) is 5.75 Å². The minimum absolute atomic E-state index is 0.113. The highest BCUT2D eigenvalue weighted by Crippen LogP contribution is 2.33. The lowest BCUT2D eigenvalue weighted by Crippen LogP contribution is -2.19. The number of nitrogens with one attached hydrogen (secondary N) is 1. The third-order valence-electron chi connectivity index (χ3n) is 3.54. The van der Waals surface area contributed by atoms with Crippen molar-refractivity contribution in [3.63, 3.8) is 0 Å². The third kappa shape index (κ3) is 3.05. The molecule has 0 heterocycles. The van der Waals surface area contributed by atoms with Crippen molar-refractivity contribution in [2.75, 3.05) is 14.2 Å². The van der Waals surface area contributed by atoms with Gasteiger partial charge in [0.25, 0.3) is 0 Å². The highest BCUT2D eigenvalue weighted by Gasteiger charge is 2.18. The van der Waals surface area contributed by atoms with Crippen molar-refractivity contribution in [3.05, 3.63) is 63.1 Å². The first-order valence-electron chi connectivity index (χ1n) is 6.64. The van der Waals surface area contributed by atoms with Crippen LogP contribution in [-0.2, 0) is 0 Å². The molecule has 1 N–H and O–H groups in total. The summed E-state index contributed by atoms with van der Waals surface area (Å²) in [6.45, 7) is 4.23. The van der Waals surface area contributed by atoms with Gasteiger partial charge in [-0.1, -0.05) is 39.7 Å². The van der Waals surface area contributed by atoms with Gasteiger partial charge in [-0.05, 0) is 50.2 Å². The van der Waals surface area contributed by atoms with Crippen LogP contribution < -0.4 is 10.1 Å². The van der Waals surface area contributed by atoms with Gasteiger partial charge in [-0.25, -0.2) is 0 Å². The van der Waals surface area contributed by atoms with E-state index in [1.54, 1.807) is 7.11 Å². The number of ether oxygens (including phenoxy) is 1. The number of halogens is 1. The van der Waals surface area contributed by atoms with Crippen molar-refractivity contribution in [2.45, 2.75) is 19.9 Å². The number of hydrogen-bond donors (Lipinski definition) is 1. The van der Waals surface area contributed by atoms with E-state index in [2.05, 4.69) is 65.4 Å². The van der Waals surface area contributed by atoms with E-state index in [9.17, 15) is 0 Å². The molecule has 2 aromatic carbocycles. The van der Waals surface area contributed by atoms with E-state index in [0.29, 0.717) is 0 Å². The second-order valence-corrected chi connectivity index (χ2v) is 5.88. The molecule has 0 saturated carbocycles. The van der Waals surface area contributed by atoms with E-state index < -0.39 is 0 Å². The van der Waals surface area contributed by atoms with E-state index in [0.717, 1.165) is 15.8 Å². The van der Waals surface area contributed by atoms with Crippen LogP contribution >= 0.6 is 15.9 Å². The monoisotopic (exact) mass is 333 g/mol. The SMILES string of the molecule is CNC(c1cc(Br)ccc1C)c1cc(C)ccc1OC. The summed E-state index contributed by atoms with van der Waals surface area (Å²) >= 11 is 3.56. The zero-order valence-corrected chi connectivity index (χ0v) is 13.9. The van der Waals surface area contributed by atoms with Crippen LogP contribution in [-0.4, -0.2) is 14.2 Å². The van der Waals surface area contributed by atoms with Crippen LogP contribution in [0.4, 0.5) is 0 Å². The summed E-state index contributed by atoms with van der Waals surface area (Å²) in [6, 6.07) is 12.8. The van der Waals surface area contributed by atoms with E-state index in [4.69, 9.17) is 4.74 Å². The molecule has 0 spiro atoms. The highest BCUT2D eigenvalue weighted by molar-refractivity contribution is 9.10. The fourth-order valence-corrected chi connectivity index (χ4v) is 2.86. The van der Waals surface area contributed by atoms with Gasteiger partial charge in [-0.15, -0.1) is 0 Å². The largest absolute Gasteiger partial charge is 0.496 e. The zero-order chi connectivity index (χ0) is 14.7. The Morgan fingerprint density at radius 1 is 1.05 bits per heavy atom. The molecule has 2 rings (SSSR count). The molecule has 0 aromatic heterocycles. The van der Waals surface area contributed by atoms with Crippen molar-refractivity contribution < 1.29 is 4.74 Å². The van der Waals surface area contributed by atoms with E-state index in [1.807, 2.05) is 13.1 Å². The average Bonchev–Trinajstić information content (AvgIpc) is 2.44. The van der Waals surface area contributed by atoms with Crippen molar-refractivity contribution in [3.8, 4) is 5.75 Å². The van der Waals surface area contributed by atoms with E-state index in [1.165, 1.54) is 16.7 Å². The predicted octanol–water partition coefficient (Wildman–Crippen LogP) is 4.38. The standard InChI is InChI=1S/C17H20BrNO/c1-11-5-8-16(20-4)15(9-11)17(19-3)14-10-13(18)7-6-12(14)2/h5-10,17,19H,1-4H3. The molecular formula is C17H20BrNO. The Hall–Kier alpha value is -1.32. The van der Waals surface area contributed by atoms with Crippen molar-refractivity contribution in [1.29, 1.82) is 0 Å². The van der Waals surface area contributed by atoms with Crippen LogP contribution in [0.3, 0.4) is 0 Å². The fourth-order valence-electron chi connectivity index (χ4n) is 2.48. The van der Waals surface area contributed by atoms with Crippen LogP contribution in [0.1, 0.15) is 28.3 Å². The van der Waals surface area contributed by atoms with Gasteiger partial charge in [-0.2, -0.15) is 0 Å². The molecule has 3 heteroatoms. The lowest BCUT2D eigenvalue weighted by molar-refractivity contribution is 0.405. The van der Waals surface area contributed by atoms with Crippen LogP contribution in [0.25, 0.3) is 0 Å². The smallest absolute Gasteiger partial charge is 0.123 e. The second-order valence-electron chi connectivity index (χ2n) is 4.97. The van der Waals surface area contributed by atoms with Gasteiger partial charge in [0.05, 0.1) is 13.2 Å². The van der Waals surface area contributed by atoms with Gasteiger partial charge in [-0.3, -0.25) is 0 Å². The first kappa shape index (κ1) is 15.1. The van der Waals surface area contributed by atoms with Crippen LogP contribution in [0.15, 0.2) is 40.9 Å². The highest BCUT2D eigenvalue weighted by atomic mass is 79.9. The maximum atomic E-state index is 5.52. The van der Waals surface area contributed by atoms with Gasteiger partial charge in [0, 0.05) is 10.0 Å². The summed E-state index contributed by atoms with van der Waals surface area (Å²) in [7, 11) is 3.70. The minimum Gasteiger partial charge on any atom is -0.496 e. The zero-order valence-electron chi connectivity index (χ0n) is 12.3. The third-order valence-corrected chi connectivity index (χ3v) is 4.03. The Morgan fingerprint density at radius 2 is 1.80 bits per heavy atom. The Balaban J connectivity index is 2.57. The summed E-state index contributed by atoms with van der Waals surface area (Å²) in [6.07, 6.45) is 0. The lowest BCUT2D eigenvalue weighted by atomic mass is 9.93. The molecule has 20 heavy (non-hydrogen) atoms. The van der Waals surface area contributed by atoms with Crippen molar-refractivity contribution >= 4 is 15.9 Å². The van der Waals surface area contributed by atoms with Crippen LogP contribution in [0, 0.1) is 13.8 Å². The maximum Gasteiger partial charge on any atom is 0.123 e. The molecule has 0 aliphatic rings. The molecule has 0 amide bonds. The molecule has 106 valence electrons. The quantitative estimate of drug-likeness (QED) is 0.896. The first-order chi connectivity index (χ1) is 9.56. The molecule has 0 aliphatic heterocycles. The molecule has 0 aliphatic carbocycles. The Morgan fingerprint density at radius 3 is 2.45 bits per heavy atom. The molecular weight excluding hydrogens is 314 g/mol. The minimum atomic E-state index is 0.113. The normalized spacial score (nSPS) is 12.2. The van der Waals surface area contributed by atoms with E-state index >= 15 is 0 Å². The van der Waals surface area contributed by atoms with Gasteiger partial charge in [0.2, 0.25) is 0 Å². The summed E-state index contributed by atoms with van der Waals surface area (Å²) in [5.41, 5.74) is 4.91. The van der Waals surface area contributed by atoms with Crippen molar-refractivity contribution in [1.82, 2.24) is 5.32 Å². The Labute approximate surface area is 129 Å². The summed E-state index contributed by atoms with van der Waals surface area (Å²) in [5.74, 6) is 0.911. The molecule has 1 atom stereocenters. The number of hydrogen-bond acceptors (Lipinski definition) is 2. The molecule has 0 saturated heterocycles. The molecule has 0 fully saturated rings. The van der Waals surface area contributed by atoms with Crippen LogP contribution in [0.2, 0.25) is 0 Å². The summed E-state index contributed by atoms with van der Waals surface area (Å²) < 4.78 is 6.61. The molecule has 1 unspecified atom stereocenters. The number of methoxy groups -OCH3 is 1. The van der Waals surface area contributed by atoms with E-state index in [-0.39, 0.29) is 6.04 Å². The average molecular weight is 334 g/mol. The summed E-state index contributed by atoms with van der Waals surface area (Å²) in [5, 5.41) is 3.40. The first-order valence-corrected chi connectivity index (χ1v) is 7.44. The molecule has 2 nitrogen and oxygen atoms in total. The number of aryl methyl sites for hydroxylation is 2. The van der Waals surface area contributed by atoms with Gasteiger partial charge >= 0.3 is 0 Å². The fraction of sp³-hybridized carbons (Fsp3) is 0.294. The predicted molar refractivity (Wildman–Crippen MR) is 87.5 cm³/mol. The maximum absolute atomic E-state index is 5.52. The molecule has 0 bridgehead atoms. The number of rotatable bonds is 4. The Kier molecular flexibility index (Phi) is 4.84. The Bertz CT molecular complexity index is 610. The topological polar surface area (TPSA) is 21.3 Å². The van der Waals surface area contributed by atoms with Gasteiger partial charge in [0.15, 0.2) is 0 Å². The second kappa shape index (κ2) is 6.42. The number of benzene rings is 2. The van der Waals surface area contributed by atoms with Gasteiger partial charge < -0.3 is 10.1 Å².